The molecule has 0 aliphatic heterocycles. The lowest BCUT2D eigenvalue weighted by atomic mass is 10.1. The molecule has 0 saturated carbocycles. The second-order valence-corrected chi connectivity index (χ2v) is 5.62. The third kappa shape index (κ3) is 4.44. The first-order chi connectivity index (χ1) is 9.15. The molecule has 2 aromatic carbocycles. The van der Waals surface area contributed by atoms with Gasteiger partial charge >= 0.3 is 0 Å². The van der Waals surface area contributed by atoms with E-state index in [0.29, 0.717) is 18.2 Å². The molecular weight excluding hydrogens is 305 g/mol. The lowest BCUT2D eigenvalue weighted by Crippen LogP contribution is -2.27. The Bertz CT molecular complexity index is 528. The zero-order chi connectivity index (χ0) is 13.7. The van der Waals surface area contributed by atoms with E-state index in [1.165, 1.54) is 11.6 Å². The summed E-state index contributed by atoms with van der Waals surface area (Å²) in [7, 11) is 0. The van der Waals surface area contributed by atoms with E-state index in [9.17, 15) is 4.39 Å². The molecule has 0 aliphatic carbocycles. The molecule has 19 heavy (non-hydrogen) atoms. The van der Waals surface area contributed by atoms with E-state index in [1.807, 2.05) is 30.3 Å². The SMILES string of the molecule is CC(Cc1ccccc1)NCc1ccc(Br)cc1F. The highest BCUT2D eigenvalue weighted by atomic mass is 79.9. The van der Waals surface area contributed by atoms with E-state index in [2.05, 4.69) is 40.3 Å². The highest BCUT2D eigenvalue weighted by Gasteiger charge is 2.06. The van der Waals surface area contributed by atoms with Gasteiger partial charge in [0.2, 0.25) is 0 Å². The van der Waals surface area contributed by atoms with Crippen LogP contribution < -0.4 is 5.32 Å². The van der Waals surface area contributed by atoms with Crippen LogP contribution in [0.4, 0.5) is 4.39 Å². The summed E-state index contributed by atoms with van der Waals surface area (Å²) < 4.78 is 14.4. The molecule has 0 radical (unpaired) electrons. The predicted octanol–water partition coefficient (Wildman–Crippen LogP) is 4.31. The van der Waals surface area contributed by atoms with Crippen molar-refractivity contribution < 1.29 is 4.39 Å². The Balaban J connectivity index is 1.88. The Hall–Kier alpha value is -1.19. The number of benzene rings is 2. The molecule has 0 fully saturated rings. The zero-order valence-corrected chi connectivity index (χ0v) is 12.5. The molecule has 3 heteroatoms. The maximum atomic E-state index is 13.7. The number of hydrogen-bond acceptors (Lipinski definition) is 1. The van der Waals surface area contributed by atoms with Crippen LogP contribution in [0.5, 0.6) is 0 Å². The molecule has 1 nitrogen and oxygen atoms in total. The quantitative estimate of drug-likeness (QED) is 0.865. The topological polar surface area (TPSA) is 12.0 Å². The van der Waals surface area contributed by atoms with Gasteiger partial charge in [0.15, 0.2) is 0 Å². The first-order valence-corrected chi connectivity index (χ1v) is 7.15. The summed E-state index contributed by atoms with van der Waals surface area (Å²) in [5, 5.41) is 3.35. The van der Waals surface area contributed by atoms with Gasteiger partial charge in [0, 0.05) is 22.6 Å². The summed E-state index contributed by atoms with van der Waals surface area (Å²) in [6.07, 6.45) is 0.943. The maximum absolute atomic E-state index is 13.7. The van der Waals surface area contributed by atoms with Crippen molar-refractivity contribution in [2.24, 2.45) is 0 Å². The predicted molar refractivity (Wildman–Crippen MR) is 80.5 cm³/mol. The fourth-order valence-corrected chi connectivity index (χ4v) is 2.32. The standard InChI is InChI=1S/C16H17BrFN/c1-12(9-13-5-3-2-4-6-13)19-11-14-7-8-15(17)10-16(14)18/h2-8,10,12,19H,9,11H2,1H3. The minimum Gasteiger partial charge on any atom is -0.310 e. The van der Waals surface area contributed by atoms with Crippen molar-refractivity contribution in [3.05, 3.63) is 69.9 Å². The van der Waals surface area contributed by atoms with Gasteiger partial charge in [-0.2, -0.15) is 0 Å². The second kappa shape index (κ2) is 6.83. The Morgan fingerprint density at radius 1 is 1.16 bits per heavy atom. The normalized spacial score (nSPS) is 12.4. The number of nitrogens with one attached hydrogen (secondary N) is 1. The average molecular weight is 322 g/mol. The molecule has 1 N–H and O–H groups in total. The Kier molecular flexibility index (Phi) is 5.11. The van der Waals surface area contributed by atoms with Gasteiger partial charge in [-0.25, -0.2) is 4.39 Å². The number of halogens is 2. The summed E-state index contributed by atoms with van der Waals surface area (Å²) in [6, 6.07) is 15.8. The fraction of sp³-hybridized carbons (Fsp3) is 0.250. The zero-order valence-electron chi connectivity index (χ0n) is 10.9. The van der Waals surface area contributed by atoms with Gasteiger partial charge in [0.1, 0.15) is 5.82 Å². The van der Waals surface area contributed by atoms with Gasteiger partial charge in [-0.3, -0.25) is 0 Å². The second-order valence-electron chi connectivity index (χ2n) is 4.71. The van der Waals surface area contributed by atoms with Gasteiger partial charge in [-0.05, 0) is 31.0 Å². The molecule has 0 heterocycles. The summed E-state index contributed by atoms with van der Waals surface area (Å²) >= 11 is 3.26. The van der Waals surface area contributed by atoms with Crippen LogP contribution >= 0.6 is 15.9 Å². The minimum atomic E-state index is -0.172. The molecule has 0 saturated heterocycles. The number of hydrogen-bond donors (Lipinski definition) is 1. The van der Waals surface area contributed by atoms with Crippen LogP contribution in [-0.4, -0.2) is 6.04 Å². The highest BCUT2D eigenvalue weighted by molar-refractivity contribution is 9.10. The van der Waals surface area contributed by atoms with Crippen LogP contribution in [-0.2, 0) is 13.0 Å². The van der Waals surface area contributed by atoms with Crippen molar-refractivity contribution >= 4 is 15.9 Å². The van der Waals surface area contributed by atoms with Crippen molar-refractivity contribution in [1.29, 1.82) is 0 Å². The van der Waals surface area contributed by atoms with Crippen LogP contribution in [0.2, 0.25) is 0 Å². The summed E-state index contributed by atoms with van der Waals surface area (Å²) in [5.41, 5.74) is 1.99. The van der Waals surface area contributed by atoms with Crippen LogP contribution in [0, 0.1) is 5.82 Å². The smallest absolute Gasteiger partial charge is 0.128 e. The molecule has 0 amide bonds. The summed E-state index contributed by atoms with van der Waals surface area (Å²) in [5.74, 6) is -0.172. The molecule has 0 aromatic heterocycles. The summed E-state index contributed by atoms with van der Waals surface area (Å²) in [6.45, 7) is 2.66. The Morgan fingerprint density at radius 3 is 2.58 bits per heavy atom. The average Bonchev–Trinajstić information content (AvgIpc) is 2.39. The molecule has 1 unspecified atom stereocenters. The van der Waals surface area contributed by atoms with Crippen molar-refractivity contribution in [1.82, 2.24) is 5.32 Å². The third-order valence-corrected chi connectivity index (χ3v) is 3.53. The van der Waals surface area contributed by atoms with Crippen molar-refractivity contribution in [2.75, 3.05) is 0 Å². The van der Waals surface area contributed by atoms with Crippen LogP contribution in [0.3, 0.4) is 0 Å². The van der Waals surface area contributed by atoms with E-state index in [0.717, 1.165) is 10.9 Å². The molecule has 2 aromatic rings. The van der Waals surface area contributed by atoms with E-state index in [1.54, 1.807) is 0 Å². The molecule has 2 rings (SSSR count). The van der Waals surface area contributed by atoms with Gasteiger partial charge in [-0.1, -0.05) is 52.3 Å². The third-order valence-electron chi connectivity index (χ3n) is 3.04. The van der Waals surface area contributed by atoms with Crippen LogP contribution in [0.25, 0.3) is 0 Å². The Labute approximate surface area is 122 Å². The monoisotopic (exact) mass is 321 g/mol. The molecule has 0 aliphatic rings. The fourth-order valence-electron chi connectivity index (χ4n) is 1.99. The molecular formula is C16H17BrFN. The van der Waals surface area contributed by atoms with Gasteiger partial charge in [0.05, 0.1) is 0 Å². The van der Waals surface area contributed by atoms with E-state index >= 15 is 0 Å². The van der Waals surface area contributed by atoms with Crippen LogP contribution in [0.1, 0.15) is 18.1 Å². The van der Waals surface area contributed by atoms with Crippen molar-refractivity contribution in [3.63, 3.8) is 0 Å². The molecule has 1 atom stereocenters. The largest absolute Gasteiger partial charge is 0.310 e. The first-order valence-electron chi connectivity index (χ1n) is 6.36. The molecule has 100 valence electrons. The van der Waals surface area contributed by atoms with Crippen LogP contribution in [0.15, 0.2) is 53.0 Å². The van der Waals surface area contributed by atoms with Gasteiger partial charge < -0.3 is 5.32 Å². The first kappa shape index (κ1) is 14.2. The molecule has 0 spiro atoms. The van der Waals surface area contributed by atoms with Gasteiger partial charge in [-0.15, -0.1) is 0 Å². The van der Waals surface area contributed by atoms with E-state index in [4.69, 9.17) is 0 Å². The van der Waals surface area contributed by atoms with Gasteiger partial charge in [0.25, 0.3) is 0 Å². The van der Waals surface area contributed by atoms with Crippen molar-refractivity contribution in [3.8, 4) is 0 Å². The highest BCUT2D eigenvalue weighted by Crippen LogP contribution is 2.15. The van der Waals surface area contributed by atoms with E-state index < -0.39 is 0 Å². The Morgan fingerprint density at radius 2 is 1.89 bits per heavy atom. The maximum Gasteiger partial charge on any atom is 0.128 e. The molecule has 0 bridgehead atoms. The van der Waals surface area contributed by atoms with Crippen molar-refractivity contribution in [2.45, 2.75) is 25.9 Å². The van der Waals surface area contributed by atoms with E-state index in [-0.39, 0.29) is 5.82 Å². The number of rotatable bonds is 5. The minimum absolute atomic E-state index is 0.172. The lowest BCUT2D eigenvalue weighted by molar-refractivity contribution is 0.525. The lowest BCUT2D eigenvalue weighted by Gasteiger charge is -2.14. The summed E-state index contributed by atoms with van der Waals surface area (Å²) in [4.78, 5) is 0.